The van der Waals surface area contributed by atoms with Crippen LogP contribution in [-0.4, -0.2) is 31.2 Å². The molecule has 0 saturated heterocycles. The van der Waals surface area contributed by atoms with Gasteiger partial charge in [-0.3, -0.25) is 4.79 Å². The Morgan fingerprint density at radius 1 is 1.56 bits per heavy atom. The summed E-state index contributed by atoms with van der Waals surface area (Å²) in [5, 5.41) is 14.3. The van der Waals surface area contributed by atoms with Gasteiger partial charge in [0.25, 0.3) is 0 Å². The van der Waals surface area contributed by atoms with Gasteiger partial charge in [0.05, 0.1) is 6.61 Å². The van der Waals surface area contributed by atoms with Crippen LogP contribution in [-0.2, 0) is 4.79 Å². The molecule has 0 heterocycles. The summed E-state index contributed by atoms with van der Waals surface area (Å²) >= 11 is 0. The highest BCUT2D eigenvalue weighted by Gasteiger charge is 2.19. The van der Waals surface area contributed by atoms with Crippen LogP contribution in [0.25, 0.3) is 0 Å². The number of likely N-dealkylation sites (N-methyl/N-ethyl adjacent to an activating group) is 1. The molecule has 4 nitrogen and oxygen atoms in total. The molecular formula is C12H20N2O2. The van der Waals surface area contributed by atoms with Crippen molar-refractivity contribution in [2.45, 2.75) is 13.3 Å². The third-order valence-electron chi connectivity index (χ3n) is 2.78. The normalized spacial score (nSPS) is 23.8. The van der Waals surface area contributed by atoms with E-state index in [-0.39, 0.29) is 18.4 Å². The fourth-order valence-corrected chi connectivity index (χ4v) is 1.77. The molecule has 90 valence electrons. The van der Waals surface area contributed by atoms with Crippen LogP contribution in [0.2, 0.25) is 0 Å². The topological polar surface area (TPSA) is 61.4 Å². The highest BCUT2D eigenvalue weighted by molar-refractivity contribution is 5.76. The second-order valence-electron chi connectivity index (χ2n) is 4.03. The zero-order valence-corrected chi connectivity index (χ0v) is 9.86. The van der Waals surface area contributed by atoms with E-state index in [1.807, 2.05) is 13.1 Å². The first-order valence-corrected chi connectivity index (χ1v) is 5.62. The van der Waals surface area contributed by atoms with Crippen LogP contribution in [0.3, 0.4) is 0 Å². The average Bonchev–Trinajstić information content (AvgIpc) is 2.29. The predicted molar refractivity (Wildman–Crippen MR) is 63.6 cm³/mol. The highest BCUT2D eigenvalue weighted by atomic mass is 16.3. The monoisotopic (exact) mass is 224 g/mol. The van der Waals surface area contributed by atoms with Gasteiger partial charge in [-0.05, 0) is 17.9 Å². The molecular weight excluding hydrogens is 204 g/mol. The molecule has 1 amide bonds. The minimum atomic E-state index is -0.00833. The van der Waals surface area contributed by atoms with E-state index in [9.17, 15) is 4.79 Å². The van der Waals surface area contributed by atoms with Gasteiger partial charge in [-0.15, -0.1) is 0 Å². The number of aliphatic hydroxyl groups is 1. The summed E-state index contributed by atoms with van der Waals surface area (Å²) in [6.45, 7) is 2.43. The van der Waals surface area contributed by atoms with Crippen LogP contribution in [0.1, 0.15) is 13.3 Å². The standard InChI is InChI=1S/C12H20N2O2/c1-9-7-11(13-2)4-3-10(9)8-12(16)14-5-6-15/h3-4,7,9-10,13,15H,5-6,8H2,1-2H3,(H,14,16). The first kappa shape index (κ1) is 12.8. The van der Waals surface area contributed by atoms with E-state index in [1.54, 1.807) is 0 Å². The van der Waals surface area contributed by atoms with Gasteiger partial charge in [0.1, 0.15) is 0 Å². The van der Waals surface area contributed by atoms with Crippen LogP contribution in [0.15, 0.2) is 23.9 Å². The van der Waals surface area contributed by atoms with Crippen molar-refractivity contribution in [3.8, 4) is 0 Å². The van der Waals surface area contributed by atoms with Gasteiger partial charge in [-0.25, -0.2) is 0 Å². The molecule has 3 N–H and O–H groups in total. The Kier molecular flexibility index (Phi) is 5.05. The zero-order chi connectivity index (χ0) is 12.0. The summed E-state index contributed by atoms with van der Waals surface area (Å²) in [5.74, 6) is 0.597. The summed E-state index contributed by atoms with van der Waals surface area (Å²) in [4.78, 5) is 11.5. The molecule has 0 saturated carbocycles. The van der Waals surface area contributed by atoms with Gasteiger partial charge >= 0.3 is 0 Å². The highest BCUT2D eigenvalue weighted by Crippen LogP contribution is 2.24. The molecule has 0 spiro atoms. The molecule has 1 rings (SSSR count). The number of aliphatic hydroxyl groups excluding tert-OH is 1. The van der Waals surface area contributed by atoms with Gasteiger partial charge in [0.15, 0.2) is 0 Å². The molecule has 2 atom stereocenters. The number of hydrogen-bond donors (Lipinski definition) is 3. The number of hydrogen-bond acceptors (Lipinski definition) is 3. The molecule has 0 fully saturated rings. The number of rotatable bonds is 5. The summed E-state index contributed by atoms with van der Waals surface area (Å²) in [6, 6.07) is 0. The predicted octanol–water partition coefficient (Wildman–Crippen LogP) is 0.410. The van der Waals surface area contributed by atoms with Gasteiger partial charge in [-0.2, -0.15) is 0 Å². The van der Waals surface area contributed by atoms with Crippen LogP contribution in [0.4, 0.5) is 0 Å². The summed E-state index contributed by atoms with van der Waals surface area (Å²) in [7, 11) is 1.89. The molecule has 0 aromatic heterocycles. The van der Waals surface area contributed by atoms with Crippen molar-refractivity contribution in [1.82, 2.24) is 10.6 Å². The maximum absolute atomic E-state index is 11.5. The average molecular weight is 224 g/mol. The maximum Gasteiger partial charge on any atom is 0.220 e. The van der Waals surface area contributed by atoms with Crippen molar-refractivity contribution in [1.29, 1.82) is 0 Å². The molecule has 0 aliphatic heterocycles. The number of nitrogens with one attached hydrogen (secondary N) is 2. The second-order valence-corrected chi connectivity index (χ2v) is 4.03. The van der Waals surface area contributed by atoms with Gasteiger partial charge in [-0.1, -0.05) is 19.1 Å². The Balaban J connectivity index is 2.43. The Morgan fingerprint density at radius 3 is 2.88 bits per heavy atom. The molecule has 0 aromatic carbocycles. The van der Waals surface area contributed by atoms with Crippen molar-refractivity contribution in [3.05, 3.63) is 23.9 Å². The minimum Gasteiger partial charge on any atom is -0.395 e. The number of carbonyl (C=O) groups is 1. The lowest BCUT2D eigenvalue weighted by molar-refractivity contribution is -0.122. The first-order chi connectivity index (χ1) is 7.67. The van der Waals surface area contributed by atoms with Crippen LogP contribution in [0.5, 0.6) is 0 Å². The largest absolute Gasteiger partial charge is 0.395 e. The second kappa shape index (κ2) is 6.33. The van der Waals surface area contributed by atoms with Gasteiger partial charge in [0.2, 0.25) is 5.91 Å². The van der Waals surface area contributed by atoms with E-state index < -0.39 is 0 Å². The Morgan fingerprint density at radius 2 is 2.31 bits per heavy atom. The maximum atomic E-state index is 11.5. The molecule has 16 heavy (non-hydrogen) atoms. The smallest absolute Gasteiger partial charge is 0.220 e. The van der Waals surface area contributed by atoms with Gasteiger partial charge in [0, 0.05) is 25.7 Å². The van der Waals surface area contributed by atoms with Crippen molar-refractivity contribution in [2.24, 2.45) is 11.8 Å². The Hall–Kier alpha value is -1.29. The lowest BCUT2D eigenvalue weighted by Gasteiger charge is -2.22. The van der Waals surface area contributed by atoms with Crippen LogP contribution < -0.4 is 10.6 Å². The molecule has 4 heteroatoms. The fourth-order valence-electron chi connectivity index (χ4n) is 1.77. The quantitative estimate of drug-likeness (QED) is 0.634. The SMILES string of the molecule is CNC1=CC(C)C(CC(=O)NCCO)C=C1. The Bertz CT molecular complexity index is 297. The van der Waals surface area contributed by atoms with Crippen molar-refractivity contribution in [2.75, 3.05) is 20.2 Å². The zero-order valence-electron chi connectivity index (χ0n) is 9.86. The van der Waals surface area contributed by atoms with E-state index in [0.29, 0.717) is 18.9 Å². The van der Waals surface area contributed by atoms with E-state index in [2.05, 4.69) is 29.7 Å². The van der Waals surface area contributed by atoms with Crippen molar-refractivity contribution in [3.63, 3.8) is 0 Å². The molecule has 0 radical (unpaired) electrons. The van der Waals surface area contributed by atoms with E-state index in [4.69, 9.17) is 5.11 Å². The van der Waals surface area contributed by atoms with E-state index in [0.717, 1.165) is 5.70 Å². The van der Waals surface area contributed by atoms with Crippen molar-refractivity contribution >= 4 is 5.91 Å². The number of carbonyl (C=O) groups excluding carboxylic acids is 1. The van der Waals surface area contributed by atoms with E-state index in [1.165, 1.54) is 0 Å². The minimum absolute atomic E-state index is 0.00291. The molecule has 2 unspecified atom stereocenters. The molecule has 0 aromatic rings. The van der Waals surface area contributed by atoms with Crippen LogP contribution >= 0.6 is 0 Å². The Labute approximate surface area is 96.4 Å². The first-order valence-electron chi connectivity index (χ1n) is 5.62. The fraction of sp³-hybridized carbons (Fsp3) is 0.583. The lowest BCUT2D eigenvalue weighted by Crippen LogP contribution is -2.29. The third kappa shape index (κ3) is 3.70. The van der Waals surface area contributed by atoms with E-state index >= 15 is 0 Å². The molecule has 1 aliphatic carbocycles. The summed E-state index contributed by atoms with van der Waals surface area (Å²) < 4.78 is 0. The van der Waals surface area contributed by atoms with Crippen LogP contribution in [0, 0.1) is 11.8 Å². The molecule has 1 aliphatic rings. The number of allylic oxidation sites excluding steroid dienone is 3. The summed E-state index contributed by atoms with van der Waals surface area (Å²) in [6.07, 6.45) is 6.67. The number of amides is 1. The lowest BCUT2D eigenvalue weighted by atomic mass is 9.86. The van der Waals surface area contributed by atoms with Gasteiger partial charge < -0.3 is 15.7 Å². The third-order valence-corrected chi connectivity index (χ3v) is 2.78. The van der Waals surface area contributed by atoms with Crippen molar-refractivity contribution < 1.29 is 9.90 Å². The summed E-state index contributed by atoms with van der Waals surface area (Å²) in [5.41, 5.74) is 1.10. The molecule has 0 bridgehead atoms.